The molecule has 0 aliphatic heterocycles. The molecule has 3 heteroatoms. The fraction of sp³-hybridized carbons (Fsp3) is 0.500. The Bertz CT molecular complexity index is 380. The van der Waals surface area contributed by atoms with Gasteiger partial charge in [-0.2, -0.15) is 0 Å². The first-order valence-electron chi connectivity index (χ1n) is 6.17. The molecule has 1 fully saturated rings. The Balaban J connectivity index is 2.21. The van der Waals surface area contributed by atoms with Gasteiger partial charge in [-0.15, -0.1) is 0 Å². The average Bonchev–Trinajstić information content (AvgIpc) is 2.33. The summed E-state index contributed by atoms with van der Waals surface area (Å²) in [5, 5.41) is 9.44. The van der Waals surface area contributed by atoms with Crippen molar-refractivity contribution in [2.45, 2.75) is 38.0 Å². The highest BCUT2D eigenvalue weighted by Crippen LogP contribution is 2.36. The number of hydrogen-bond donors (Lipinski definition) is 1. The largest absolute Gasteiger partial charge is 0.481 e. The van der Waals surface area contributed by atoms with Crippen LogP contribution in [0.15, 0.2) is 28.7 Å². The molecular weight excluding hydrogens is 280 g/mol. The topological polar surface area (TPSA) is 37.3 Å². The van der Waals surface area contributed by atoms with E-state index >= 15 is 0 Å². The molecule has 0 saturated heterocycles. The molecule has 2 nitrogen and oxygen atoms in total. The fourth-order valence-corrected chi connectivity index (χ4v) is 3.02. The molecule has 0 amide bonds. The lowest BCUT2D eigenvalue weighted by Crippen LogP contribution is -2.23. The molecule has 0 bridgehead atoms. The van der Waals surface area contributed by atoms with Crippen LogP contribution in [0.4, 0.5) is 0 Å². The highest BCUT2D eigenvalue weighted by molar-refractivity contribution is 9.10. The van der Waals surface area contributed by atoms with Gasteiger partial charge in [0.1, 0.15) is 0 Å². The van der Waals surface area contributed by atoms with Crippen LogP contribution in [0.1, 0.15) is 43.6 Å². The van der Waals surface area contributed by atoms with Crippen molar-refractivity contribution in [3.05, 3.63) is 34.3 Å². The third-order valence-corrected chi connectivity index (χ3v) is 4.15. The van der Waals surface area contributed by atoms with E-state index in [2.05, 4.69) is 15.9 Å². The molecule has 1 aliphatic rings. The van der Waals surface area contributed by atoms with E-state index in [0.29, 0.717) is 5.92 Å². The molecule has 1 aliphatic carbocycles. The van der Waals surface area contributed by atoms with Crippen molar-refractivity contribution in [3.63, 3.8) is 0 Å². The second-order valence-electron chi connectivity index (χ2n) is 4.77. The minimum absolute atomic E-state index is 0.308. The molecule has 0 aromatic heterocycles. The predicted octanol–water partition coefficient (Wildman–Crippen LogP) is 4.20. The van der Waals surface area contributed by atoms with Crippen LogP contribution in [0.2, 0.25) is 0 Å². The van der Waals surface area contributed by atoms with E-state index in [4.69, 9.17) is 0 Å². The maximum Gasteiger partial charge on any atom is 0.311 e. The zero-order chi connectivity index (χ0) is 12.3. The van der Waals surface area contributed by atoms with E-state index in [9.17, 15) is 9.90 Å². The first-order chi connectivity index (χ1) is 8.18. The molecule has 1 atom stereocenters. The van der Waals surface area contributed by atoms with Crippen LogP contribution in [0.3, 0.4) is 0 Å². The summed E-state index contributed by atoms with van der Waals surface area (Å²) in [4.78, 5) is 11.5. The average molecular weight is 297 g/mol. The standard InChI is InChI=1S/C14H17BrO2/c15-12-8-6-11(7-9-12)13(14(16)17)10-4-2-1-3-5-10/h6-10,13H,1-5H2,(H,16,17). The molecule has 0 heterocycles. The number of carboxylic acid groups (broad SMARTS) is 1. The van der Waals surface area contributed by atoms with Crippen molar-refractivity contribution in [1.82, 2.24) is 0 Å². The minimum Gasteiger partial charge on any atom is -0.481 e. The van der Waals surface area contributed by atoms with Gasteiger partial charge in [-0.3, -0.25) is 4.79 Å². The van der Waals surface area contributed by atoms with E-state index in [-0.39, 0.29) is 5.92 Å². The highest BCUT2D eigenvalue weighted by atomic mass is 79.9. The van der Waals surface area contributed by atoms with E-state index < -0.39 is 5.97 Å². The lowest BCUT2D eigenvalue weighted by Gasteiger charge is -2.27. The van der Waals surface area contributed by atoms with Crippen molar-refractivity contribution in [3.8, 4) is 0 Å². The maximum atomic E-state index is 11.5. The van der Waals surface area contributed by atoms with Gasteiger partial charge in [0.05, 0.1) is 5.92 Å². The van der Waals surface area contributed by atoms with Gasteiger partial charge in [0.15, 0.2) is 0 Å². The fourth-order valence-electron chi connectivity index (χ4n) is 2.75. The Kier molecular flexibility index (Phi) is 4.21. The van der Waals surface area contributed by atoms with Gasteiger partial charge < -0.3 is 5.11 Å². The quantitative estimate of drug-likeness (QED) is 0.908. The number of hydrogen-bond acceptors (Lipinski definition) is 1. The first-order valence-corrected chi connectivity index (χ1v) is 6.96. The Morgan fingerprint density at radius 3 is 2.29 bits per heavy atom. The summed E-state index contributed by atoms with van der Waals surface area (Å²) in [6.07, 6.45) is 5.69. The normalized spacial score (nSPS) is 18.9. The Labute approximate surface area is 110 Å². The summed E-state index contributed by atoms with van der Waals surface area (Å²) in [5.74, 6) is -0.704. The molecule has 92 valence electrons. The van der Waals surface area contributed by atoms with Crippen LogP contribution in [0.5, 0.6) is 0 Å². The number of carbonyl (C=O) groups is 1. The van der Waals surface area contributed by atoms with Crippen LogP contribution < -0.4 is 0 Å². The van der Waals surface area contributed by atoms with Gasteiger partial charge >= 0.3 is 5.97 Å². The third kappa shape index (κ3) is 3.09. The third-order valence-electron chi connectivity index (χ3n) is 3.62. The van der Waals surface area contributed by atoms with Crippen molar-refractivity contribution in [2.24, 2.45) is 5.92 Å². The lowest BCUT2D eigenvalue weighted by atomic mass is 9.77. The Hall–Kier alpha value is -0.830. The Morgan fingerprint density at radius 2 is 1.76 bits per heavy atom. The SMILES string of the molecule is O=C(O)C(c1ccc(Br)cc1)C1CCCCC1. The summed E-state index contributed by atoms with van der Waals surface area (Å²) >= 11 is 3.38. The van der Waals surface area contributed by atoms with E-state index in [1.807, 2.05) is 24.3 Å². The second-order valence-corrected chi connectivity index (χ2v) is 5.68. The highest BCUT2D eigenvalue weighted by Gasteiger charge is 2.30. The van der Waals surface area contributed by atoms with E-state index in [0.717, 1.165) is 22.9 Å². The number of benzene rings is 1. The van der Waals surface area contributed by atoms with Crippen LogP contribution in [0, 0.1) is 5.92 Å². The molecule has 0 spiro atoms. The van der Waals surface area contributed by atoms with Gasteiger partial charge in [0, 0.05) is 4.47 Å². The molecular formula is C14H17BrO2. The van der Waals surface area contributed by atoms with Crippen LogP contribution in [-0.2, 0) is 4.79 Å². The number of carboxylic acids is 1. The van der Waals surface area contributed by atoms with Crippen LogP contribution in [-0.4, -0.2) is 11.1 Å². The second kappa shape index (κ2) is 5.67. The smallest absolute Gasteiger partial charge is 0.311 e. The van der Waals surface area contributed by atoms with Crippen molar-refractivity contribution in [2.75, 3.05) is 0 Å². The van der Waals surface area contributed by atoms with Gasteiger partial charge in [-0.05, 0) is 36.5 Å². The van der Waals surface area contributed by atoms with E-state index in [1.54, 1.807) is 0 Å². The van der Waals surface area contributed by atoms with Crippen LogP contribution >= 0.6 is 15.9 Å². The predicted molar refractivity (Wildman–Crippen MR) is 71.1 cm³/mol. The Morgan fingerprint density at radius 1 is 1.18 bits per heavy atom. The summed E-state index contributed by atoms with van der Waals surface area (Å²) < 4.78 is 0.994. The number of rotatable bonds is 3. The van der Waals surface area contributed by atoms with Gasteiger partial charge in [-0.25, -0.2) is 0 Å². The zero-order valence-electron chi connectivity index (χ0n) is 9.73. The van der Waals surface area contributed by atoms with Gasteiger partial charge in [0.25, 0.3) is 0 Å². The summed E-state index contributed by atoms with van der Waals surface area (Å²) in [6.45, 7) is 0. The summed E-state index contributed by atoms with van der Waals surface area (Å²) in [7, 11) is 0. The summed E-state index contributed by atoms with van der Waals surface area (Å²) in [5.41, 5.74) is 0.938. The summed E-state index contributed by atoms with van der Waals surface area (Å²) in [6, 6.07) is 7.71. The van der Waals surface area contributed by atoms with Gasteiger partial charge in [-0.1, -0.05) is 47.3 Å². The first kappa shape index (κ1) is 12.6. The molecule has 1 aromatic rings. The van der Waals surface area contributed by atoms with Crippen molar-refractivity contribution < 1.29 is 9.90 Å². The monoisotopic (exact) mass is 296 g/mol. The zero-order valence-corrected chi connectivity index (χ0v) is 11.3. The van der Waals surface area contributed by atoms with E-state index in [1.165, 1.54) is 19.3 Å². The number of aliphatic carboxylic acids is 1. The molecule has 1 saturated carbocycles. The van der Waals surface area contributed by atoms with Crippen molar-refractivity contribution >= 4 is 21.9 Å². The molecule has 1 aromatic carbocycles. The van der Waals surface area contributed by atoms with Gasteiger partial charge in [0.2, 0.25) is 0 Å². The molecule has 1 N–H and O–H groups in total. The lowest BCUT2D eigenvalue weighted by molar-refractivity contribution is -0.140. The molecule has 2 rings (SSSR count). The van der Waals surface area contributed by atoms with Crippen LogP contribution in [0.25, 0.3) is 0 Å². The number of halogens is 1. The van der Waals surface area contributed by atoms with Crippen molar-refractivity contribution in [1.29, 1.82) is 0 Å². The minimum atomic E-state index is -0.681. The maximum absolute atomic E-state index is 11.5. The molecule has 1 unspecified atom stereocenters. The molecule has 17 heavy (non-hydrogen) atoms. The molecule has 0 radical (unpaired) electrons.